The zero-order valence-electron chi connectivity index (χ0n) is 18.4. The Morgan fingerprint density at radius 2 is 1.34 bits per heavy atom. The minimum absolute atomic E-state index is 0.0784. The highest BCUT2D eigenvalue weighted by Gasteiger charge is 2.17. The van der Waals surface area contributed by atoms with Crippen molar-refractivity contribution in [1.29, 1.82) is 0 Å². The smallest absolute Gasteiger partial charge is 0.246 e. The lowest BCUT2D eigenvalue weighted by molar-refractivity contribution is -0.129. The molecule has 1 aliphatic rings. The second kappa shape index (κ2) is 13.4. The summed E-state index contributed by atoms with van der Waals surface area (Å²) in [6.45, 7) is 4.51. The number of amides is 1. The zero-order chi connectivity index (χ0) is 22.4. The van der Waals surface area contributed by atoms with Crippen molar-refractivity contribution in [2.75, 3.05) is 52.8 Å². The molecule has 2 aromatic carbocycles. The molecule has 0 spiro atoms. The van der Waals surface area contributed by atoms with E-state index in [9.17, 15) is 4.79 Å². The highest BCUT2D eigenvalue weighted by molar-refractivity contribution is 5.77. The molecule has 3 rings (SSSR count). The summed E-state index contributed by atoms with van der Waals surface area (Å²) in [5.41, 5.74) is 0. The maximum Gasteiger partial charge on any atom is 0.246 e. The predicted octanol–water partition coefficient (Wildman–Crippen LogP) is 2.84. The van der Waals surface area contributed by atoms with Gasteiger partial charge < -0.3 is 33.7 Å². The number of fused-ring (bicyclic) bond motifs is 2. The molecule has 0 atom stereocenters. The van der Waals surface area contributed by atoms with Crippen molar-refractivity contribution in [2.24, 2.45) is 0 Å². The maximum absolute atomic E-state index is 12.0. The van der Waals surface area contributed by atoms with Gasteiger partial charge in [-0.15, -0.1) is 0 Å². The summed E-state index contributed by atoms with van der Waals surface area (Å²) in [5.74, 6) is 2.24. The van der Waals surface area contributed by atoms with Gasteiger partial charge in [-0.2, -0.15) is 0 Å². The Bertz CT molecular complexity index is 774. The van der Waals surface area contributed by atoms with Crippen LogP contribution in [0.2, 0.25) is 0 Å². The number of carbonyl (C=O) groups is 1. The standard InChI is InChI=1S/C24H31NO7/c1-2-11-25-24(26)18-30-19-16-31-22-9-5-3-7-20(22)28-14-12-27-13-15-29-21-8-4-6-10-23(21)32-17-19/h3-10,19H,2,11-18H2,1H3,(H,25,26). The van der Waals surface area contributed by atoms with Crippen molar-refractivity contribution < 1.29 is 33.2 Å². The average Bonchev–Trinajstić information content (AvgIpc) is 2.82. The lowest BCUT2D eigenvalue weighted by Crippen LogP contribution is -2.35. The van der Waals surface area contributed by atoms with E-state index in [0.29, 0.717) is 56.0 Å². The van der Waals surface area contributed by atoms with E-state index in [4.69, 9.17) is 28.4 Å². The highest BCUT2D eigenvalue weighted by atomic mass is 16.6. The van der Waals surface area contributed by atoms with Crippen molar-refractivity contribution in [3.05, 3.63) is 48.5 Å². The van der Waals surface area contributed by atoms with Crippen LogP contribution in [-0.4, -0.2) is 64.8 Å². The molecule has 1 heterocycles. The van der Waals surface area contributed by atoms with Gasteiger partial charge in [0.1, 0.15) is 39.1 Å². The maximum atomic E-state index is 12.0. The Kier molecular flexibility index (Phi) is 9.95. The molecule has 0 saturated carbocycles. The van der Waals surface area contributed by atoms with E-state index < -0.39 is 6.10 Å². The second-order valence-corrected chi connectivity index (χ2v) is 7.11. The van der Waals surface area contributed by atoms with Crippen molar-refractivity contribution in [3.63, 3.8) is 0 Å². The summed E-state index contributed by atoms with van der Waals surface area (Å²) in [4.78, 5) is 12.0. The van der Waals surface area contributed by atoms with Crippen molar-refractivity contribution in [3.8, 4) is 23.0 Å². The van der Waals surface area contributed by atoms with Crippen LogP contribution >= 0.6 is 0 Å². The molecule has 1 aliphatic heterocycles. The van der Waals surface area contributed by atoms with E-state index in [1.165, 1.54) is 0 Å². The first-order valence-corrected chi connectivity index (χ1v) is 10.9. The van der Waals surface area contributed by atoms with E-state index in [1.54, 1.807) is 0 Å². The van der Waals surface area contributed by atoms with Crippen LogP contribution in [0.4, 0.5) is 0 Å². The minimum Gasteiger partial charge on any atom is -0.487 e. The van der Waals surface area contributed by atoms with Gasteiger partial charge in [0, 0.05) is 6.54 Å². The Morgan fingerprint density at radius 3 is 1.84 bits per heavy atom. The summed E-state index contributed by atoms with van der Waals surface area (Å²) in [7, 11) is 0. The normalized spacial score (nSPS) is 15.7. The molecular weight excluding hydrogens is 414 g/mol. The number of hydrogen-bond acceptors (Lipinski definition) is 7. The second-order valence-electron chi connectivity index (χ2n) is 7.11. The van der Waals surface area contributed by atoms with Crippen molar-refractivity contribution in [1.82, 2.24) is 5.32 Å². The first-order valence-electron chi connectivity index (χ1n) is 10.9. The van der Waals surface area contributed by atoms with E-state index in [-0.39, 0.29) is 25.7 Å². The molecule has 0 fully saturated rings. The summed E-state index contributed by atoms with van der Waals surface area (Å²) in [6.07, 6.45) is 0.375. The summed E-state index contributed by atoms with van der Waals surface area (Å²) < 4.78 is 34.9. The molecule has 1 N–H and O–H groups in total. The molecule has 0 unspecified atom stereocenters. The first-order chi connectivity index (χ1) is 15.8. The number of para-hydroxylation sites is 4. The van der Waals surface area contributed by atoms with Crippen LogP contribution in [0.15, 0.2) is 48.5 Å². The van der Waals surface area contributed by atoms with Crippen LogP contribution in [0.25, 0.3) is 0 Å². The fourth-order valence-corrected chi connectivity index (χ4v) is 2.92. The lowest BCUT2D eigenvalue weighted by Gasteiger charge is -2.21. The quantitative estimate of drug-likeness (QED) is 0.758. The third-order valence-corrected chi connectivity index (χ3v) is 4.54. The molecule has 32 heavy (non-hydrogen) atoms. The first kappa shape index (κ1) is 23.7. The van der Waals surface area contributed by atoms with Gasteiger partial charge in [-0.25, -0.2) is 0 Å². The Labute approximate surface area is 188 Å². The Hall–Kier alpha value is -2.97. The van der Waals surface area contributed by atoms with Gasteiger partial charge in [0.15, 0.2) is 23.0 Å². The van der Waals surface area contributed by atoms with Crippen LogP contribution < -0.4 is 24.3 Å². The van der Waals surface area contributed by atoms with Gasteiger partial charge in [-0.1, -0.05) is 31.2 Å². The number of benzene rings is 2. The Balaban J connectivity index is 1.70. The molecule has 0 saturated heterocycles. The number of rotatable bonds is 5. The van der Waals surface area contributed by atoms with Crippen molar-refractivity contribution >= 4 is 5.91 Å². The largest absolute Gasteiger partial charge is 0.487 e. The number of hydrogen-bond donors (Lipinski definition) is 1. The molecule has 2 aromatic rings. The number of carbonyl (C=O) groups excluding carboxylic acids is 1. The molecule has 0 bridgehead atoms. The SMILES string of the molecule is CCCNC(=O)COC1COc2ccccc2OCCOCCOc2ccccc2OC1. The molecular formula is C24H31NO7. The molecule has 0 aliphatic carbocycles. The summed E-state index contributed by atoms with van der Waals surface area (Å²) in [5, 5.41) is 2.80. The fraction of sp³-hybridized carbons (Fsp3) is 0.458. The van der Waals surface area contributed by atoms with Gasteiger partial charge in [0.05, 0.1) is 13.2 Å². The molecule has 174 valence electrons. The zero-order valence-corrected chi connectivity index (χ0v) is 18.4. The van der Waals surface area contributed by atoms with E-state index >= 15 is 0 Å². The third-order valence-electron chi connectivity index (χ3n) is 4.54. The van der Waals surface area contributed by atoms with E-state index in [0.717, 1.165) is 6.42 Å². The van der Waals surface area contributed by atoms with Crippen molar-refractivity contribution in [2.45, 2.75) is 19.4 Å². The van der Waals surface area contributed by atoms with Gasteiger partial charge >= 0.3 is 0 Å². The Morgan fingerprint density at radius 1 is 0.844 bits per heavy atom. The average molecular weight is 446 g/mol. The van der Waals surface area contributed by atoms with Crippen LogP contribution in [0.3, 0.4) is 0 Å². The fourth-order valence-electron chi connectivity index (χ4n) is 2.92. The summed E-state index contributed by atoms with van der Waals surface area (Å²) >= 11 is 0. The monoisotopic (exact) mass is 445 g/mol. The highest BCUT2D eigenvalue weighted by Crippen LogP contribution is 2.28. The molecule has 0 aromatic heterocycles. The predicted molar refractivity (Wildman–Crippen MR) is 119 cm³/mol. The molecule has 8 nitrogen and oxygen atoms in total. The van der Waals surface area contributed by atoms with Crippen LogP contribution in [-0.2, 0) is 14.3 Å². The van der Waals surface area contributed by atoms with Crippen LogP contribution in [0.5, 0.6) is 23.0 Å². The topological polar surface area (TPSA) is 84.5 Å². The van der Waals surface area contributed by atoms with E-state index in [1.807, 2.05) is 55.5 Å². The van der Waals surface area contributed by atoms with E-state index in [2.05, 4.69) is 5.32 Å². The number of ether oxygens (including phenoxy) is 6. The molecule has 0 radical (unpaired) electrons. The minimum atomic E-state index is -0.486. The van der Waals surface area contributed by atoms with Gasteiger partial charge in [0.25, 0.3) is 0 Å². The lowest BCUT2D eigenvalue weighted by atomic mass is 10.3. The van der Waals surface area contributed by atoms with Crippen LogP contribution in [0.1, 0.15) is 13.3 Å². The van der Waals surface area contributed by atoms with Gasteiger partial charge in [0.2, 0.25) is 5.91 Å². The summed E-state index contributed by atoms with van der Waals surface area (Å²) in [6, 6.07) is 14.8. The molecule has 1 amide bonds. The van der Waals surface area contributed by atoms with Crippen LogP contribution in [0, 0.1) is 0 Å². The third kappa shape index (κ3) is 7.94. The molecule has 8 heteroatoms. The number of nitrogens with one attached hydrogen (secondary N) is 1. The van der Waals surface area contributed by atoms with Gasteiger partial charge in [-0.3, -0.25) is 4.79 Å². The van der Waals surface area contributed by atoms with Gasteiger partial charge in [-0.05, 0) is 30.7 Å².